The van der Waals surface area contributed by atoms with Crippen molar-refractivity contribution in [3.8, 4) is 12.3 Å². The number of aryl methyl sites for hydroxylation is 1. The first-order valence-corrected chi connectivity index (χ1v) is 5.39. The van der Waals surface area contributed by atoms with Gasteiger partial charge in [0.05, 0.1) is 13.1 Å². The molecule has 0 aliphatic carbocycles. The van der Waals surface area contributed by atoms with Crippen molar-refractivity contribution in [2.45, 2.75) is 6.92 Å². The molecule has 0 saturated carbocycles. The quantitative estimate of drug-likeness (QED) is 0.494. The number of hydrogen-bond acceptors (Lipinski definition) is 3. The summed E-state index contributed by atoms with van der Waals surface area (Å²) < 4.78 is 5.55. The van der Waals surface area contributed by atoms with Crippen molar-refractivity contribution in [1.82, 2.24) is 5.32 Å². The van der Waals surface area contributed by atoms with E-state index in [4.69, 9.17) is 10.8 Å². The van der Waals surface area contributed by atoms with Crippen molar-refractivity contribution in [3.05, 3.63) is 35.6 Å². The molecule has 1 heterocycles. The number of Topliss-reactive ketones (excluding diaryl/α,β-unsaturated/α-hetero) is 1. The summed E-state index contributed by atoms with van der Waals surface area (Å²) in [6.45, 7) is 2.53. The van der Waals surface area contributed by atoms with Crippen LogP contribution in [0.25, 0.3) is 11.0 Å². The summed E-state index contributed by atoms with van der Waals surface area (Å²) in [5.74, 6) is 2.70. The van der Waals surface area contributed by atoms with E-state index < -0.39 is 0 Å². The predicted octanol–water partition coefficient (Wildman–Crippen LogP) is 2.15. The lowest BCUT2D eigenvalue weighted by molar-refractivity contribution is 0.0968. The van der Waals surface area contributed by atoms with Gasteiger partial charge in [-0.2, -0.15) is 0 Å². The molecule has 3 nitrogen and oxygen atoms in total. The van der Waals surface area contributed by atoms with Crippen molar-refractivity contribution in [3.63, 3.8) is 0 Å². The fraction of sp³-hybridized carbons (Fsp3) is 0.214. The van der Waals surface area contributed by atoms with E-state index in [9.17, 15) is 4.79 Å². The third-order valence-corrected chi connectivity index (χ3v) is 2.53. The summed E-state index contributed by atoms with van der Waals surface area (Å²) in [6.07, 6.45) is 5.09. The van der Waals surface area contributed by atoms with E-state index in [1.54, 1.807) is 6.07 Å². The number of para-hydroxylation sites is 1. The van der Waals surface area contributed by atoms with E-state index in [-0.39, 0.29) is 12.3 Å². The molecule has 1 N–H and O–H groups in total. The molecule has 2 rings (SSSR count). The Morgan fingerprint density at radius 3 is 3.06 bits per heavy atom. The monoisotopic (exact) mass is 227 g/mol. The summed E-state index contributed by atoms with van der Waals surface area (Å²) in [4.78, 5) is 11.8. The minimum Gasteiger partial charge on any atom is -0.453 e. The average molecular weight is 227 g/mol. The number of ketones is 1. The maximum absolute atomic E-state index is 11.8. The topological polar surface area (TPSA) is 42.2 Å². The van der Waals surface area contributed by atoms with E-state index in [0.717, 1.165) is 16.5 Å². The number of rotatable bonds is 4. The summed E-state index contributed by atoms with van der Waals surface area (Å²) >= 11 is 0. The Morgan fingerprint density at radius 1 is 1.53 bits per heavy atom. The van der Waals surface area contributed by atoms with Crippen LogP contribution in [0.3, 0.4) is 0 Å². The Hall–Kier alpha value is -2.05. The Bertz CT molecular complexity index is 590. The number of fused-ring (bicyclic) bond motifs is 1. The lowest BCUT2D eigenvalue weighted by Crippen LogP contribution is -2.22. The molecule has 0 bridgehead atoms. The van der Waals surface area contributed by atoms with Gasteiger partial charge in [0, 0.05) is 5.39 Å². The molecular formula is C14H13NO2. The molecule has 86 valence electrons. The Balaban J connectivity index is 2.22. The standard InChI is InChI=1S/C14H13NO2/c1-3-7-15-9-12(16)13-8-11-6-4-5-10(2)14(11)17-13/h1,4-6,8,15H,7,9H2,2H3. The van der Waals surface area contributed by atoms with Crippen LogP contribution in [0.1, 0.15) is 16.1 Å². The van der Waals surface area contributed by atoms with Crippen LogP contribution >= 0.6 is 0 Å². The van der Waals surface area contributed by atoms with Crippen molar-refractivity contribution >= 4 is 16.8 Å². The van der Waals surface area contributed by atoms with Crippen LogP contribution in [0.5, 0.6) is 0 Å². The van der Waals surface area contributed by atoms with Crippen molar-refractivity contribution in [1.29, 1.82) is 0 Å². The molecule has 0 saturated heterocycles. The Morgan fingerprint density at radius 2 is 2.35 bits per heavy atom. The molecule has 0 amide bonds. The van der Waals surface area contributed by atoms with Gasteiger partial charge in [-0.1, -0.05) is 24.1 Å². The molecule has 3 heteroatoms. The first-order valence-electron chi connectivity index (χ1n) is 5.39. The van der Waals surface area contributed by atoms with Gasteiger partial charge >= 0.3 is 0 Å². The lowest BCUT2D eigenvalue weighted by atomic mass is 10.2. The maximum Gasteiger partial charge on any atom is 0.211 e. The molecule has 0 aliphatic rings. The first-order chi connectivity index (χ1) is 8.22. The van der Waals surface area contributed by atoms with Crippen molar-refractivity contribution < 1.29 is 9.21 Å². The SMILES string of the molecule is C#CCNCC(=O)c1cc2cccc(C)c2o1. The van der Waals surface area contributed by atoms with E-state index in [1.807, 2.05) is 25.1 Å². The normalized spacial score (nSPS) is 10.4. The molecule has 0 unspecified atom stereocenters. The number of benzene rings is 1. The summed E-state index contributed by atoms with van der Waals surface area (Å²) in [6, 6.07) is 7.59. The summed E-state index contributed by atoms with van der Waals surface area (Å²) in [7, 11) is 0. The molecular weight excluding hydrogens is 214 g/mol. The van der Waals surface area contributed by atoms with Crippen molar-refractivity contribution in [2.75, 3.05) is 13.1 Å². The third-order valence-electron chi connectivity index (χ3n) is 2.53. The number of carbonyl (C=O) groups is 1. The van der Waals surface area contributed by atoms with E-state index in [0.29, 0.717) is 12.3 Å². The molecule has 1 aromatic heterocycles. The van der Waals surface area contributed by atoms with Crippen LogP contribution in [0.15, 0.2) is 28.7 Å². The van der Waals surface area contributed by atoms with Gasteiger partial charge in [-0.25, -0.2) is 0 Å². The van der Waals surface area contributed by atoms with Crippen LogP contribution in [-0.2, 0) is 0 Å². The number of furan rings is 1. The molecule has 17 heavy (non-hydrogen) atoms. The predicted molar refractivity (Wildman–Crippen MR) is 67.0 cm³/mol. The number of nitrogens with one attached hydrogen (secondary N) is 1. The van der Waals surface area contributed by atoms with Crippen LogP contribution < -0.4 is 5.32 Å². The average Bonchev–Trinajstić information content (AvgIpc) is 2.75. The lowest BCUT2D eigenvalue weighted by Gasteiger charge is -1.96. The Labute approximate surface area is 99.8 Å². The molecule has 0 radical (unpaired) electrons. The van der Waals surface area contributed by atoms with Crippen LogP contribution in [-0.4, -0.2) is 18.9 Å². The van der Waals surface area contributed by atoms with Crippen LogP contribution in [0.2, 0.25) is 0 Å². The third kappa shape index (κ3) is 2.38. The molecule has 0 fully saturated rings. The van der Waals surface area contributed by atoms with Gasteiger partial charge < -0.3 is 4.42 Å². The van der Waals surface area contributed by atoms with Gasteiger partial charge in [-0.15, -0.1) is 6.42 Å². The zero-order chi connectivity index (χ0) is 12.3. The van der Waals surface area contributed by atoms with Crippen LogP contribution in [0.4, 0.5) is 0 Å². The number of carbonyl (C=O) groups excluding carboxylic acids is 1. The summed E-state index contributed by atoms with van der Waals surface area (Å²) in [5.41, 5.74) is 1.80. The highest BCUT2D eigenvalue weighted by atomic mass is 16.3. The van der Waals surface area contributed by atoms with Gasteiger partial charge in [-0.3, -0.25) is 10.1 Å². The van der Waals surface area contributed by atoms with E-state index >= 15 is 0 Å². The highest BCUT2D eigenvalue weighted by Gasteiger charge is 2.12. The molecule has 0 atom stereocenters. The molecule has 2 aromatic rings. The fourth-order valence-corrected chi connectivity index (χ4v) is 1.68. The molecule has 1 aromatic carbocycles. The summed E-state index contributed by atoms with van der Waals surface area (Å²) in [5, 5.41) is 3.80. The van der Waals surface area contributed by atoms with E-state index in [2.05, 4.69) is 11.2 Å². The van der Waals surface area contributed by atoms with E-state index in [1.165, 1.54) is 0 Å². The fourth-order valence-electron chi connectivity index (χ4n) is 1.68. The zero-order valence-electron chi connectivity index (χ0n) is 9.62. The molecule has 0 aliphatic heterocycles. The second-order valence-corrected chi connectivity index (χ2v) is 3.83. The Kier molecular flexibility index (Phi) is 3.27. The van der Waals surface area contributed by atoms with Gasteiger partial charge in [0.2, 0.25) is 5.78 Å². The van der Waals surface area contributed by atoms with Gasteiger partial charge in [0.25, 0.3) is 0 Å². The van der Waals surface area contributed by atoms with Gasteiger partial charge in [0.15, 0.2) is 5.76 Å². The van der Waals surface area contributed by atoms with Crippen LogP contribution in [0, 0.1) is 19.3 Å². The van der Waals surface area contributed by atoms with Gasteiger partial charge in [0.1, 0.15) is 5.58 Å². The highest BCUT2D eigenvalue weighted by Crippen LogP contribution is 2.22. The first kappa shape index (κ1) is 11.4. The molecule has 0 spiro atoms. The maximum atomic E-state index is 11.8. The largest absolute Gasteiger partial charge is 0.453 e. The second-order valence-electron chi connectivity index (χ2n) is 3.83. The van der Waals surface area contributed by atoms with Crippen molar-refractivity contribution in [2.24, 2.45) is 0 Å². The zero-order valence-corrected chi connectivity index (χ0v) is 9.62. The minimum absolute atomic E-state index is 0.0872. The minimum atomic E-state index is -0.0872. The number of hydrogen-bond donors (Lipinski definition) is 1. The van der Waals surface area contributed by atoms with Gasteiger partial charge in [-0.05, 0) is 18.6 Å². The smallest absolute Gasteiger partial charge is 0.211 e. The number of terminal acetylenes is 1. The highest BCUT2D eigenvalue weighted by molar-refractivity contribution is 5.99. The second kappa shape index (κ2) is 4.86.